The average molecular weight is 313 g/mol. The van der Waals surface area contributed by atoms with Crippen LogP contribution >= 0.6 is 0 Å². The van der Waals surface area contributed by atoms with Crippen molar-refractivity contribution in [3.05, 3.63) is 29.8 Å². The van der Waals surface area contributed by atoms with E-state index in [4.69, 9.17) is 9.47 Å². The first kappa shape index (κ1) is 15.7. The molecular formula is C13H13F2N3O4. The van der Waals surface area contributed by atoms with Crippen molar-refractivity contribution < 1.29 is 28.3 Å². The van der Waals surface area contributed by atoms with E-state index in [1.807, 2.05) is 6.92 Å². The van der Waals surface area contributed by atoms with E-state index >= 15 is 0 Å². The number of rotatable bonds is 6. The molecule has 0 spiro atoms. The number of carbonyl (C=O) groups is 1. The summed E-state index contributed by atoms with van der Waals surface area (Å²) in [6.45, 7) is 1.65. The molecule has 22 heavy (non-hydrogen) atoms. The van der Waals surface area contributed by atoms with Crippen molar-refractivity contribution in [1.82, 2.24) is 14.9 Å². The normalized spacial score (nSPS) is 10.5. The average Bonchev–Trinajstić information content (AvgIpc) is 2.84. The summed E-state index contributed by atoms with van der Waals surface area (Å²) in [4.78, 5) is 15.3. The van der Waals surface area contributed by atoms with Gasteiger partial charge in [-0.1, -0.05) is 16.9 Å². The zero-order valence-electron chi connectivity index (χ0n) is 11.6. The molecule has 0 aliphatic carbocycles. The van der Waals surface area contributed by atoms with Crippen LogP contribution in [0.15, 0.2) is 18.2 Å². The molecule has 0 unspecified atom stereocenters. The summed E-state index contributed by atoms with van der Waals surface area (Å²) < 4.78 is 36.2. The molecule has 0 amide bonds. The first-order chi connectivity index (χ1) is 10.5. The molecular weight excluding hydrogens is 300 g/mol. The minimum atomic E-state index is -0.920. The minimum Gasteiger partial charge on any atom is -0.463 e. The van der Waals surface area contributed by atoms with E-state index in [0.717, 1.165) is 12.1 Å². The van der Waals surface area contributed by atoms with E-state index in [0.29, 0.717) is 12.5 Å². The fourth-order valence-corrected chi connectivity index (χ4v) is 1.57. The molecule has 0 atom stereocenters. The zero-order chi connectivity index (χ0) is 16.1. The quantitative estimate of drug-likeness (QED) is 0.646. The Bertz CT molecular complexity index is 675. The van der Waals surface area contributed by atoms with Crippen LogP contribution in [0.2, 0.25) is 0 Å². The number of halogens is 2. The fraction of sp³-hybridized carbons (Fsp3) is 0.308. The Kier molecular flexibility index (Phi) is 4.87. The van der Waals surface area contributed by atoms with E-state index in [1.165, 1.54) is 0 Å². The second-order valence-corrected chi connectivity index (χ2v) is 4.24. The van der Waals surface area contributed by atoms with Crippen molar-refractivity contribution in [2.45, 2.75) is 13.3 Å². The highest BCUT2D eigenvalue weighted by atomic mass is 19.1. The highest BCUT2D eigenvalue weighted by Gasteiger charge is 2.17. The third-order valence-electron chi connectivity index (χ3n) is 2.53. The largest absolute Gasteiger partial charge is 0.463 e. The first-order valence-corrected chi connectivity index (χ1v) is 6.41. The summed E-state index contributed by atoms with van der Waals surface area (Å²) in [7, 11) is 0. The lowest BCUT2D eigenvalue weighted by atomic mass is 10.2. The first-order valence-electron chi connectivity index (χ1n) is 6.41. The molecule has 0 saturated heterocycles. The van der Waals surface area contributed by atoms with E-state index < -0.39 is 24.2 Å². The third kappa shape index (κ3) is 3.68. The van der Waals surface area contributed by atoms with Gasteiger partial charge in [-0.3, -0.25) is 0 Å². The lowest BCUT2D eigenvalue weighted by Gasteiger charge is -2.02. The van der Waals surface area contributed by atoms with Crippen LogP contribution in [-0.2, 0) is 9.53 Å². The van der Waals surface area contributed by atoms with Gasteiger partial charge in [0.1, 0.15) is 11.6 Å². The Morgan fingerprint density at radius 1 is 1.41 bits per heavy atom. The molecule has 1 aromatic heterocycles. The predicted octanol–water partition coefficient (Wildman–Crippen LogP) is 1.79. The van der Waals surface area contributed by atoms with Crippen molar-refractivity contribution in [3.8, 4) is 17.4 Å². The highest BCUT2D eigenvalue weighted by Crippen LogP contribution is 2.22. The van der Waals surface area contributed by atoms with Crippen LogP contribution in [0.25, 0.3) is 11.4 Å². The van der Waals surface area contributed by atoms with E-state index in [9.17, 15) is 18.8 Å². The van der Waals surface area contributed by atoms with Gasteiger partial charge in [-0.2, -0.15) is 4.98 Å². The van der Waals surface area contributed by atoms with Gasteiger partial charge in [-0.05, 0) is 18.6 Å². The van der Waals surface area contributed by atoms with Crippen LogP contribution < -0.4 is 4.74 Å². The summed E-state index contributed by atoms with van der Waals surface area (Å²) in [5.74, 6) is -2.59. The molecule has 1 aromatic carbocycles. The minimum absolute atomic E-state index is 0.167. The van der Waals surface area contributed by atoms with Crippen LogP contribution in [0.3, 0.4) is 0 Å². The molecule has 7 nitrogen and oxygen atoms in total. The van der Waals surface area contributed by atoms with Crippen molar-refractivity contribution in [2.24, 2.45) is 0 Å². The maximum atomic E-state index is 13.6. The van der Waals surface area contributed by atoms with Crippen LogP contribution in [0.1, 0.15) is 13.3 Å². The summed E-state index contributed by atoms with van der Waals surface area (Å²) in [6.07, 6.45) is 0.670. The smallest absolute Gasteiger partial charge is 0.344 e. The van der Waals surface area contributed by atoms with Crippen LogP contribution in [0.4, 0.5) is 8.78 Å². The van der Waals surface area contributed by atoms with Crippen molar-refractivity contribution >= 4 is 5.97 Å². The van der Waals surface area contributed by atoms with Gasteiger partial charge in [0.15, 0.2) is 6.61 Å². The fourth-order valence-electron chi connectivity index (χ4n) is 1.57. The monoisotopic (exact) mass is 313 g/mol. The Morgan fingerprint density at radius 3 is 2.86 bits per heavy atom. The van der Waals surface area contributed by atoms with Gasteiger partial charge < -0.3 is 14.7 Å². The number of benzene rings is 1. The van der Waals surface area contributed by atoms with Crippen LogP contribution in [0, 0.1) is 11.6 Å². The molecule has 1 N–H and O–H groups in total. The maximum absolute atomic E-state index is 13.6. The molecule has 118 valence electrons. The molecule has 0 radical (unpaired) electrons. The third-order valence-corrected chi connectivity index (χ3v) is 2.53. The number of esters is 1. The number of aromatic nitrogens is 3. The molecule has 9 heteroatoms. The molecule has 0 aliphatic heterocycles. The molecule has 2 rings (SSSR count). The molecule has 1 heterocycles. The Balaban J connectivity index is 2.09. The van der Waals surface area contributed by atoms with Crippen LogP contribution in [0.5, 0.6) is 6.01 Å². The summed E-state index contributed by atoms with van der Waals surface area (Å²) in [6, 6.07) is 2.41. The number of carbonyl (C=O) groups excluding carboxylic acids is 1. The summed E-state index contributed by atoms with van der Waals surface area (Å²) in [5, 5.41) is 13.0. The second-order valence-electron chi connectivity index (χ2n) is 4.24. The van der Waals surface area contributed by atoms with Gasteiger partial charge >= 0.3 is 12.0 Å². The molecule has 0 fully saturated rings. The standard InChI is InChI=1S/C13H13F2N3O4/c1-2-5-21-11(19)7-22-13-16-12(18(20)17-13)9-4-3-8(14)6-10(9)15/h3-4,6,20H,2,5,7H2,1H3. The van der Waals surface area contributed by atoms with E-state index in [1.54, 1.807) is 0 Å². The number of ether oxygens (including phenoxy) is 2. The molecule has 0 aliphatic rings. The van der Waals surface area contributed by atoms with Gasteiger partial charge in [0, 0.05) is 6.07 Å². The van der Waals surface area contributed by atoms with Gasteiger partial charge in [-0.25, -0.2) is 13.6 Å². The zero-order valence-corrected chi connectivity index (χ0v) is 11.6. The van der Waals surface area contributed by atoms with Gasteiger partial charge in [-0.15, -0.1) is 0 Å². The van der Waals surface area contributed by atoms with E-state index in [-0.39, 0.29) is 28.9 Å². The summed E-state index contributed by atoms with van der Waals surface area (Å²) >= 11 is 0. The molecule has 2 aromatic rings. The Labute approximate surface area is 124 Å². The van der Waals surface area contributed by atoms with Crippen LogP contribution in [-0.4, -0.2) is 39.3 Å². The second kappa shape index (κ2) is 6.83. The van der Waals surface area contributed by atoms with Gasteiger partial charge in [0.25, 0.3) is 0 Å². The van der Waals surface area contributed by atoms with Crippen molar-refractivity contribution in [1.29, 1.82) is 0 Å². The summed E-state index contributed by atoms with van der Waals surface area (Å²) in [5.41, 5.74) is -0.167. The topological polar surface area (TPSA) is 86.5 Å². The lowest BCUT2D eigenvalue weighted by Crippen LogP contribution is -2.15. The van der Waals surface area contributed by atoms with Gasteiger partial charge in [0.05, 0.1) is 12.2 Å². The number of hydrogen-bond acceptors (Lipinski definition) is 6. The predicted molar refractivity (Wildman–Crippen MR) is 69.3 cm³/mol. The van der Waals surface area contributed by atoms with E-state index in [2.05, 4.69) is 10.1 Å². The molecule has 0 saturated carbocycles. The SMILES string of the molecule is CCCOC(=O)COc1nc(-c2ccc(F)cc2F)n(O)n1. The Hall–Kier alpha value is -2.71. The van der Waals surface area contributed by atoms with Crippen molar-refractivity contribution in [2.75, 3.05) is 13.2 Å². The van der Waals surface area contributed by atoms with Crippen molar-refractivity contribution in [3.63, 3.8) is 0 Å². The lowest BCUT2D eigenvalue weighted by molar-refractivity contribution is -0.146. The maximum Gasteiger partial charge on any atom is 0.344 e. The molecule has 0 bridgehead atoms. The Morgan fingerprint density at radius 2 is 2.18 bits per heavy atom. The number of hydrogen-bond donors (Lipinski definition) is 1. The highest BCUT2D eigenvalue weighted by molar-refractivity contribution is 5.71. The van der Waals surface area contributed by atoms with Gasteiger partial charge in [0.2, 0.25) is 5.82 Å². The number of nitrogens with zero attached hydrogens (tertiary/aromatic N) is 3.